The Morgan fingerprint density at radius 3 is 3.00 bits per heavy atom. The van der Waals surface area contributed by atoms with E-state index in [9.17, 15) is 9.59 Å². The fraction of sp³-hybridized carbons (Fsp3) is 0.200. The van der Waals surface area contributed by atoms with Crippen molar-refractivity contribution in [3.63, 3.8) is 0 Å². The molecule has 15 heavy (non-hydrogen) atoms. The third kappa shape index (κ3) is 1.63. The molecule has 1 aromatic carbocycles. The number of benzene rings is 1. The highest BCUT2D eigenvalue weighted by molar-refractivity contribution is 6.08. The van der Waals surface area contributed by atoms with Crippen molar-refractivity contribution in [3.8, 4) is 0 Å². The van der Waals surface area contributed by atoms with Crippen molar-refractivity contribution in [3.05, 3.63) is 23.8 Å². The molecule has 5 nitrogen and oxygen atoms in total. The number of ether oxygens (including phenoxy) is 1. The maximum atomic E-state index is 11.4. The number of para-hydroxylation sites is 1. The first kappa shape index (κ1) is 9.51. The lowest BCUT2D eigenvalue weighted by molar-refractivity contribution is -0.114. The Kier molecular flexibility index (Phi) is 2.29. The summed E-state index contributed by atoms with van der Waals surface area (Å²) in [7, 11) is 1.31. The van der Waals surface area contributed by atoms with Gasteiger partial charge in [0.15, 0.2) is 0 Å². The van der Waals surface area contributed by atoms with Gasteiger partial charge < -0.3 is 15.4 Å². The molecule has 0 atom stereocenters. The summed E-state index contributed by atoms with van der Waals surface area (Å²) < 4.78 is 4.62. The van der Waals surface area contributed by atoms with E-state index in [1.807, 2.05) is 0 Å². The number of methoxy groups -OCH3 is 1. The Balaban J connectivity index is 2.48. The molecule has 78 valence electrons. The molecule has 0 fully saturated rings. The van der Waals surface area contributed by atoms with Crippen molar-refractivity contribution in [2.45, 2.75) is 0 Å². The molecule has 2 rings (SSSR count). The number of esters is 1. The van der Waals surface area contributed by atoms with E-state index in [4.69, 9.17) is 0 Å². The molecule has 0 saturated carbocycles. The molecule has 0 aliphatic carbocycles. The Morgan fingerprint density at radius 1 is 1.47 bits per heavy atom. The highest BCUT2D eigenvalue weighted by Gasteiger charge is 2.20. The third-order valence-electron chi connectivity index (χ3n) is 2.17. The van der Waals surface area contributed by atoms with E-state index in [-0.39, 0.29) is 12.5 Å². The molecule has 0 saturated heterocycles. The van der Waals surface area contributed by atoms with E-state index in [1.165, 1.54) is 7.11 Å². The van der Waals surface area contributed by atoms with Gasteiger partial charge in [0.1, 0.15) is 0 Å². The Morgan fingerprint density at radius 2 is 2.27 bits per heavy atom. The molecule has 0 radical (unpaired) electrons. The molecule has 1 amide bonds. The maximum absolute atomic E-state index is 11.4. The van der Waals surface area contributed by atoms with Crippen LogP contribution in [0.3, 0.4) is 0 Å². The van der Waals surface area contributed by atoms with Crippen LogP contribution in [0.5, 0.6) is 0 Å². The van der Waals surface area contributed by atoms with E-state index in [0.717, 1.165) is 5.69 Å². The van der Waals surface area contributed by atoms with E-state index in [0.29, 0.717) is 11.3 Å². The van der Waals surface area contributed by atoms with Gasteiger partial charge in [-0.3, -0.25) is 4.79 Å². The predicted molar refractivity (Wildman–Crippen MR) is 54.9 cm³/mol. The minimum Gasteiger partial charge on any atom is -0.465 e. The Hall–Kier alpha value is -2.04. The molecule has 0 spiro atoms. The van der Waals surface area contributed by atoms with Gasteiger partial charge in [-0.2, -0.15) is 0 Å². The largest absolute Gasteiger partial charge is 0.465 e. The number of carbonyl (C=O) groups excluding carboxylic acids is 2. The standard InChI is InChI=1S/C10H10N2O3/c1-15-10(14)6-3-2-4-7-9(6)12-8(13)5-11-7/h2-4,11H,5H2,1H3,(H,12,13). The molecule has 1 aliphatic heterocycles. The smallest absolute Gasteiger partial charge is 0.340 e. The summed E-state index contributed by atoms with van der Waals surface area (Å²) >= 11 is 0. The summed E-state index contributed by atoms with van der Waals surface area (Å²) in [5.74, 6) is -0.630. The molecule has 5 heteroatoms. The highest BCUT2D eigenvalue weighted by Crippen LogP contribution is 2.28. The zero-order chi connectivity index (χ0) is 10.8. The van der Waals surface area contributed by atoms with Gasteiger partial charge in [0.05, 0.1) is 30.6 Å². The van der Waals surface area contributed by atoms with Crippen molar-refractivity contribution >= 4 is 23.3 Å². The van der Waals surface area contributed by atoms with Crippen LogP contribution in [0.25, 0.3) is 0 Å². The SMILES string of the molecule is COC(=O)c1cccc2c1NC(=O)CN2. The summed E-state index contributed by atoms with van der Waals surface area (Å²) in [6, 6.07) is 5.13. The van der Waals surface area contributed by atoms with Gasteiger partial charge in [0.25, 0.3) is 0 Å². The molecular formula is C10H10N2O3. The number of fused-ring (bicyclic) bond motifs is 1. The van der Waals surface area contributed by atoms with Crippen molar-refractivity contribution in [1.29, 1.82) is 0 Å². The molecule has 1 aromatic rings. The first-order valence-electron chi connectivity index (χ1n) is 4.47. The second-order valence-electron chi connectivity index (χ2n) is 3.12. The Labute approximate surface area is 86.4 Å². The van der Waals surface area contributed by atoms with Gasteiger partial charge >= 0.3 is 5.97 Å². The van der Waals surface area contributed by atoms with Crippen LogP contribution in [0.2, 0.25) is 0 Å². The van der Waals surface area contributed by atoms with Crippen LogP contribution in [0.1, 0.15) is 10.4 Å². The van der Waals surface area contributed by atoms with E-state index in [1.54, 1.807) is 18.2 Å². The van der Waals surface area contributed by atoms with Gasteiger partial charge in [-0.1, -0.05) is 6.07 Å². The highest BCUT2D eigenvalue weighted by atomic mass is 16.5. The fourth-order valence-corrected chi connectivity index (χ4v) is 1.47. The molecule has 0 unspecified atom stereocenters. The van der Waals surface area contributed by atoms with Gasteiger partial charge in [-0.25, -0.2) is 4.79 Å². The van der Waals surface area contributed by atoms with E-state index >= 15 is 0 Å². The quantitative estimate of drug-likeness (QED) is 0.668. The van der Waals surface area contributed by atoms with Crippen molar-refractivity contribution < 1.29 is 14.3 Å². The van der Waals surface area contributed by atoms with Crippen LogP contribution < -0.4 is 10.6 Å². The molecule has 0 bridgehead atoms. The topological polar surface area (TPSA) is 67.4 Å². The van der Waals surface area contributed by atoms with Crippen molar-refractivity contribution in [2.75, 3.05) is 24.3 Å². The number of amides is 1. The fourth-order valence-electron chi connectivity index (χ4n) is 1.47. The number of hydrogen-bond donors (Lipinski definition) is 2. The van der Waals surface area contributed by atoms with Gasteiger partial charge in [0, 0.05) is 0 Å². The molecule has 1 aliphatic rings. The first-order chi connectivity index (χ1) is 7.22. The normalized spacial score (nSPS) is 13.5. The lowest BCUT2D eigenvalue weighted by Gasteiger charge is -2.20. The average molecular weight is 206 g/mol. The third-order valence-corrected chi connectivity index (χ3v) is 2.17. The average Bonchev–Trinajstić information content (AvgIpc) is 2.27. The molecule has 1 heterocycles. The zero-order valence-electron chi connectivity index (χ0n) is 8.16. The monoisotopic (exact) mass is 206 g/mol. The Bertz CT molecular complexity index is 429. The van der Waals surface area contributed by atoms with Crippen LogP contribution in [-0.4, -0.2) is 25.5 Å². The second kappa shape index (κ2) is 3.61. The van der Waals surface area contributed by atoms with Gasteiger partial charge in [-0.15, -0.1) is 0 Å². The van der Waals surface area contributed by atoms with Gasteiger partial charge in [-0.05, 0) is 12.1 Å². The summed E-state index contributed by atoms with van der Waals surface area (Å²) in [5.41, 5.74) is 1.58. The lowest BCUT2D eigenvalue weighted by Crippen LogP contribution is -2.28. The van der Waals surface area contributed by atoms with E-state index < -0.39 is 5.97 Å². The van der Waals surface area contributed by atoms with Crippen LogP contribution in [0, 0.1) is 0 Å². The molecule has 0 aromatic heterocycles. The van der Waals surface area contributed by atoms with E-state index in [2.05, 4.69) is 15.4 Å². The predicted octanol–water partition coefficient (Wildman–Crippen LogP) is 0.837. The number of nitrogens with one attached hydrogen (secondary N) is 2. The number of rotatable bonds is 1. The number of hydrogen-bond acceptors (Lipinski definition) is 4. The summed E-state index contributed by atoms with van der Waals surface area (Å²) in [5, 5.41) is 5.55. The number of anilines is 2. The summed E-state index contributed by atoms with van der Waals surface area (Å²) in [6.07, 6.45) is 0. The zero-order valence-corrected chi connectivity index (χ0v) is 8.16. The second-order valence-corrected chi connectivity index (χ2v) is 3.12. The van der Waals surface area contributed by atoms with Crippen LogP contribution >= 0.6 is 0 Å². The minimum atomic E-state index is -0.462. The van der Waals surface area contributed by atoms with Crippen LogP contribution in [-0.2, 0) is 9.53 Å². The van der Waals surface area contributed by atoms with Crippen molar-refractivity contribution in [2.24, 2.45) is 0 Å². The molecule has 2 N–H and O–H groups in total. The van der Waals surface area contributed by atoms with Crippen LogP contribution in [0.15, 0.2) is 18.2 Å². The lowest BCUT2D eigenvalue weighted by atomic mass is 10.1. The molecular weight excluding hydrogens is 196 g/mol. The summed E-state index contributed by atoms with van der Waals surface area (Å²) in [4.78, 5) is 22.6. The first-order valence-corrected chi connectivity index (χ1v) is 4.47. The van der Waals surface area contributed by atoms with Crippen molar-refractivity contribution in [1.82, 2.24) is 0 Å². The maximum Gasteiger partial charge on any atom is 0.340 e. The summed E-state index contributed by atoms with van der Waals surface area (Å²) in [6.45, 7) is 0.220. The number of carbonyl (C=O) groups is 2. The minimum absolute atomic E-state index is 0.168. The van der Waals surface area contributed by atoms with Crippen LogP contribution in [0.4, 0.5) is 11.4 Å². The van der Waals surface area contributed by atoms with Gasteiger partial charge in [0.2, 0.25) is 5.91 Å².